The number of ether oxygens (including phenoxy) is 2. The van der Waals surface area contributed by atoms with E-state index in [0.29, 0.717) is 11.4 Å². The minimum atomic E-state index is -0.788. The van der Waals surface area contributed by atoms with Gasteiger partial charge in [-0.15, -0.1) is 0 Å². The van der Waals surface area contributed by atoms with Crippen LogP contribution < -0.4 is 4.74 Å². The van der Waals surface area contributed by atoms with Crippen molar-refractivity contribution in [2.45, 2.75) is 52.1 Å². The van der Waals surface area contributed by atoms with Crippen molar-refractivity contribution < 1.29 is 19.2 Å². The van der Waals surface area contributed by atoms with Gasteiger partial charge in [0, 0.05) is 17.2 Å². The van der Waals surface area contributed by atoms with Crippen molar-refractivity contribution >= 4 is 46.5 Å². The van der Waals surface area contributed by atoms with Gasteiger partial charge in [0.1, 0.15) is 11.3 Å². The third kappa shape index (κ3) is 6.76. The SMILES string of the molecule is CCCCCCC(C)OC(=O)c1cc(Oc2c(Cl)cc(Cl)cc2Cl)ccc1[N+](=O)[O-]. The molecule has 0 saturated carbocycles. The minimum Gasteiger partial charge on any atom is -0.459 e. The molecule has 2 aromatic carbocycles. The largest absolute Gasteiger partial charge is 0.459 e. The fourth-order valence-electron chi connectivity index (χ4n) is 2.81. The van der Waals surface area contributed by atoms with Crippen LogP contribution in [0.3, 0.4) is 0 Å². The molecule has 9 heteroatoms. The zero-order chi connectivity index (χ0) is 22.3. The third-order valence-corrected chi connectivity index (χ3v) is 5.12. The van der Waals surface area contributed by atoms with Gasteiger partial charge in [-0.25, -0.2) is 4.79 Å². The number of esters is 1. The van der Waals surface area contributed by atoms with Crippen LogP contribution in [-0.4, -0.2) is 17.0 Å². The summed E-state index contributed by atoms with van der Waals surface area (Å²) in [6, 6.07) is 6.67. The first-order chi connectivity index (χ1) is 14.2. The highest BCUT2D eigenvalue weighted by molar-refractivity contribution is 6.40. The van der Waals surface area contributed by atoms with E-state index in [4.69, 9.17) is 44.3 Å². The number of carbonyl (C=O) groups is 1. The number of halogens is 3. The monoisotopic (exact) mass is 473 g/mol. The van der Waals surface area contributed by atoms with Crippen molar-refractivity contribution in [3.05, 3.63) is 61.1 Å². The second-order valence-electron chi connectivity index (χ2n) is 6.80. The number of hydrogen-bond donors (Lipinski definition) is 0. The smallest absolute Gasteiger partial charge is 0.345 e. The van der Waals surface area contributed by atoms with Crippen LogP contribution in [0.4, 0.5) is 5.69 Å². The van der Waals surface area contributed by atoms with E-state index in [9.17, 15) is 14.9 Å². The van der Waals surface area contributed by atoms with E-state index in [1.54, 1.807) is 6.92 Å². The van der Waals surface area contributed by atoms with E-state index in [0.717, 1.165) is 25.7 Å². The summed E-state index contributed by atoms with van der Waals surface area (Å²) >= 11 is 18.1. The number of benzene rings is 2. The van der Waals surface area contributed by atoms with Gasteiger partial charge < -0.3 is 9.47 Å². The Bertz CT molecular complexity index is 897. The fourth-order valence-corrected chi connectivity index (χ4v) is 3.70. The molecule has 1 atom stereocenters. The Morgan fingerprint density at radius 2 is 1.77 bits per heavy atom. The number of nitro groups is 1. The zero-order valence-electron chi connectivity index (χ0n) is 16.6. The minimum absolute atomic E-state index is 0.125. The van der Waals surface area contributed by atoms with Crippen LogP contribution in [0, 0.1) is 10.1 Å². The lowest BCUT2D eigenvalue weighted by molar-refractivity contribution is -0.385. The molecule has 0 aliphatic heterocycles. The van der Waals surface area contributed by atoms with Crippen molar-refractivity contribution in [1.29, 1.82) is 0 Å². The van der Waals surface area contributed by atoms with Crippen LogP contribution in [0.15, 0.2) is 30.3 Å². The second kappa shape index (κ2) is 11.4. The Labute approximate surface area is 190 Å². The van der Waals surface area contributed by atoms with E-state index in [2.05, 4.69) is 6.92 Å². The summed E-state index contributed by atoms with van der Waals surface area (Å²) in [7, 11) is 0. The molecule has 30 heavy (non-hydrogen) atoms. The van der Waals surface area contributed by atoms with Crippen LogP contribution in [0.2, 0.25) is 15.1 Å². The summed E-state index contributed by atoms with van der Waals surface area (Å²) in [4.78, 5) is 23.3. The molecule has 0 aromatic heterocycles. The molecule has 0 radical (unpaired) electrons. The number of rotatable bonds is 10. The van der Waals surface area contributed by atoms with Crippen LogP contribution in [0.1, 0.15) is 56.3 Å². The first-order valence-corrected chi connectivity index (χ1v) is 10.7. The van der Waals surface area contributed by atoms with E-state index >= 15 is 0 Å². The second-order valence-corrected chi connectivity index (χ2v) is 8.05. The lowest BCUT2D eigenvalue weighted by atomic mass is 10.1. The van der Waals surface area contributed by atoms with Crippen molar-refractivity contribution in [2.24, 2.45) is 0 Å². The normalized spacial score (nSPS) is 11.8. The number of carbonyl (C=O) groups excluding carboxylic acids is 1. The molecule has 2 aromatic rings. The summed E-state index contributed by atoms with van der Waals surface area (Å²) in [6.45, 7) is 3.88. The first-order valence-electron chi connectivity index (χ1n) is 9.54. The quantitative estimate of drug-likeness (QED) is 0.151. The summed E-state index contributed by atoms with van der Waals surface area (Å²) in [5.41, 5.74) is -0.585. The van der Waals surface area contributed by atoms with Gasteiger partial charge in [0.25, 0.3) is 5.69 Å². The number of nitro benzene ring substituents is 1. The van der Waals surface area contributed by atoms with Crippen LogP contribution in [0.25, 0.3) is 0 Å². The molecule has 1 unspecified atom stereocenters. The molecule has 0 amide bonds. The molecular formula is C21H22Cl3NO5. The summed E-state index contributed by atoms with van der Waals surface area (Å²) in [5.74, 6) is -0.516. The highest BCUT2D eigenvalue weighted by Crippen LogP contribution is 2.39. The topological polar surface area (TPSA) is 78.7 Å². The Morgan fingerprint density at radius 1 is 1.10 bits per heavy atom. The van der Waals surface area contributed by atoms with Crippen molar-refractivity contribution in [1.82, 2.24) is 0 Å². The van der Waals surface area contributed by atoms with Gasteiger partial charge in [-0.2, -0.15) is 0 Å². The molecular weight excluding hydrogens is 453 g/mol. The van der Waals surface area contributed by atoms with Crippen molar-refractivity contribution in [3.8, 4) is 11.5 Å². The first kappa shape index (κ1) is 24.3. The van der Waals surface area contributed by atoms with Gasteiger partial charge in [-0.05, 0) is 38.0 Å². The molecule has 0 bridgehead atoms. The molecule has 0 spiro atoms. The maximum atomic E-state index is 12.6. The molecule has 0 heterocycles. The Morgan fingerprint density at radius 3 is 2.37 bits per heavy atom. The number of nitrogens with zero attached hydrogens (tertiary/aromatic N) is 1. The highest BCUT2D eigenvalue weighted by Gasteiger charge is 2.24. The summed E-state index contributed by atoms with van der Waals surface area (Å²) in [6.07, 6.45) is 4.51. The van der Waals surface area contributed by atoms with Crippen LogP contribution in [-0.2, 0) is 4.74 Å². The molecule has 6 nitrogen and oxygen atoms in total. The van der Waals surface area contributed by atoms with E-state index in [-0.39, 0.29) is 38.9 Å². The molecule has 162 valence electrons. The van der Waals surface area contributed by atoms with Gasteiger partial charge >= 0.3 is 5.97 Å². The zero-order valence-corrected chi connectivity index (χ0v) is 18.9. The predicted octanol–water partition coefficient (Wildman–Crippen LogP) is 7.86. The van der Waals surface area contributed by atoms with Crippen LogP contribution in [0.5, 0.6) is 11.5 Å². The molecule has 0 N–H and O–H groups in total. The van der Waals surface area contributed by atoms with E-state index < -0.39 is 10.9 Å². The van der Waals surface area contributed by atoms with Crippen LogP contribution >= 0.6 is 34.8 Å². The van der Waals surface area contributed by atoms with Gasteiger partial charge in [0.15, 0.2) is 5.75 Å². The van der Waals surface area contributed by atoms with Gasteiger partial charge in [-0.1, -0.05) is 61.0 Å². The molecule has 0 aliphatic rings. The molecule has 0 saturated heterocycles. The van der Waals surface area contributed by atoms with E-state index in [1.807, 2.05) is 0 Å². The predicted molar refractivity (Wildman–Crippen MR) is 118 cm³/mol. The Balaban J connectivity index is 2.22. The Hall–Kier alpha value is -2.02. The highest BCUT2D eigenvalue weighted by atomic mass is 35.5. The average molecular weight is 475 g/mol. The maximum Gasteiger partial charge on any atom is 0.345 e. The summed E-state index contributed by atoms with van der Waals surface area (Å²) in [5, 5.41) is 12.0. The van der Waals surface area contributed by atoms with Gasteiger partial charge in [-0.3, -0.25) is 10.1 Å². The Kier molecular flexibility index (Phi) is 9.21. The van der Waals surface area contributed by atoms with Crippen molar-refractivity contribution in [3.63, 3.8) is 0 Å². The van der Waals surface area contributed by atoms with Gasteiger partial charge in [0.2, 0.25) is 0 Å². The van der Waals surface area contributed by atoms with E-state index in [1.165, 1.54) is 30.3 Å². The maximum absolute atomic E-state index is 12.6. The molecule has 2 rings (SSSR count). The number of hydrogen-bond acceptors (Lipinski definition) is 5. The summed E-state index contributed by atoms with van der Waals surface area (Å²) < 4.78 is 11.1. The average Bonchev–Trinajstić information content (AvgIpc) is 2.67. The number of unbranched alkanes of at least 4 members (excludes halogenated alkanes) is 3. The lowest BCUT2D eigenvalue weighted by Crippen LogP contribution is -2.16. The fraction of sp³-hybridized carbons (Fsp3) is 0.381. The standard InChI is InChI=1S/C21H22Cl3NO5/c1-3-4-5-6-7-13(2)29-21(26)16-12-15(8-9-19(16)25(27)28)30-20-17(23)10-14(22)11-18(20)24/h8-13H,3-7H2,1-2H3. The lowest BCUT2D eigenvalue weighted by Gasteiger charge is -2.14. The van der Waals surface area contributed by atoms with Crippen molar-refractivity contribution in [2.75, 3.05) is 0 Å². The third-order valence-electron chi connectivity index (χ3n) is 4.34. The molecule has 0 aliphatic carbocycles. The van der Waals surface area contributed by atoms with Gasteiger partial charge in [0.05, 0.1) is 21.1 Å². The molecule has 0 fully saturated rings.